The summed E-state index contributed by atoms with van der Waals surface area (Å²) >= 11 is 0. The summed E-state index contributed by atoms with van der Waals surface area (Å²) in [7, 11) is -4.72. The van der Waals surface area contributed by atoms with Gasteiger partial charge in [0.1, 0.15) is 47.0 Å². The molecule has 2 aliphatic rings. The quantitative estimate of drug-likeness (QED) is 0.0671. The van der Waals surface area contributed by atoms with Crippen LogP contribution in [0.3, 0.4) is 0 Å². The molecule has 0 amide bonds. The normalized spacial score (nSPS) is 23.2. The summed E-state index contributed by atoms with van der Waals surface area (Å²) in [5.74, 6) is -0.755. The maximum atomic E-state index is 13.4. The average Bonchev–Trinajstić information content (AvgIpc) is 3.83. The summed E-state index contributed by atoms with van der Waals surface area (Å²) in [6.45, 7) is 5.51. The first-order chi connectivity index (χ1) is 26.5. The molecule has 5 rings (SSSR count). The van der Waals surface area contributed by atoms with Gasteiger partial charge >= 0.3 is 7.82 Å². The Morgan fingerprint density at radius 1 is 0.982 bits per heavy atom. The van der Waals surface area contributed by atoms with Crippen molar-refractivity contribution in [1.82, 2.24) is 19.6 Å². The van der Waals surface area contributed by atoms with Crippen LogP contribution in [0.1, 0.15) is 122 Å². The number of unbranched alkanes of at least 4 members (excludes halogenated alkanes) is 11. The molecule has 0 spiro atoms. The third-order valence-corrected chi connectivity index (χ3v) is 11.2. The van der Waals surface area contributed by atoms with Gasteiger partial charge in [0, 0.05) is 18.2 Å². The summed E-state index contributed by atoms with van der Waals surface area (Å²) in [6.07, 6.45) is 15.6. The van der Waals surface area contributed by atoms with Gasteiger partial charge in [-0.05, 0) is 51.0 Å². The van der Waals surface area contributed by atoms with Crippen molar-refractivity contribution in [2.45, 2.75) is 134 Å². The van der Waals surface area contributed by atoms with Gasteiger partial charge < -0.3 is 29.6 Å². The lowest BCUT2D eigenvalue weighted by Crippen LogP contribution is -2.38. The summed E-state index contributed by atoms with van der Waals surface area (Å²) in [5, 5.41) is 24.1. The van der Waals surface area contributed by atoms with Crippen LogP contribution in [0.15, 0.2) is 36.8 Å². The van der Waals surface area contributed by atoms with Crippen LogP contribution in [-0.4, -0.2) is 75.0 Å². The minimum atomic E-state index is -4.72. The topological polar surface area (TPSA) is 209 Å². The van der Waals surface area contributed by atoms with Gasteiger partial charge in [-0.2, -0.15) is 15.6 Å². The van der Waals surface area contributed by atoms with E-state index < -0.39 is 43.9 Å². The van der Waals surface area contributed by atoms with Crippen molar-refractivity contribution in [3.05, 3.63) is 48.2 Å². The molecule has 3 N–H and O–H groups in total. The number of pyridine rings is 1. The summed E-state index contributed by atoms with van der Waals surface area (Å²) in [5.41, 5.74) is 6.28. The van der Waals surface area contributed by atoms with Gasteiger partial charge in [-0.1, -0.05) is 77.6 Å². The number of rotatable bonds is 24. The molecule has 2 fully saturated rings. The summed E-state index contributed by atoms with van der Waals surface area (Å²) < 4.78 is 50.5. The number of phosphoric acid groups is 1. The SMILES string of the molecule is CCCCCCCCCCCCCCOC[C@H](COP(=O)(O)OC[C@@]1(C#N)C[C@@H](c2ccc3c(N)ncnn23)[C@@H]2OC(C)(C)O[C@@H]21)Oc1ccc(C#N)nc1. The minimum absolute atomic E-state index is 0.0746. The smallest absolute Gasteiger partial charge is 0.472 e. The molecule has 3 aromatic rings. The molecule has 16 heteroatoms. The van der Waals surface area contributed by atoms with Crippen molar-refractivity contribution in [2.75, 3.05) is 32.2 Å². The van der Waals surface area contributed by atoms with Gasteiger partial charge in [0.25, 0.3) is 0 Å². The van der Waals surface area contributed by atoms with Crippen LogP contribution in [0, 0.1) is 28.1 Å². The molecule has 3 aromatic heterocycles. The monoisotopic (exact) mass is 781 g/mol. The van der Waals surface area contributed by atoms with Crippen LogP contribution in [-0.2, 0) is 27.8 Å². The lowest BCUT2D eigenvalue weighted by Gasteiger charge is -2.29. The number of nitriles is 2. The van der Waals surface area contributed by atoms with Gasteiger partial charge in [0.05, 0.1) is 38.2 Å². The van der Waals surface area contributed by atoms with Gasteiger partial charge in [-0.25, -0.2) is 19.0 Å². The predicted octanol–water partition coefficient (Wildman–Crippen LogP) is 7.39. The van der Waals surface area contributed by atoms with E-state index in [1.165, 1.54) is 76.4 Å². The maximum Gasteiger partial charge on any atom is 0.472 e. The summed E-state index contributed by atoms with van der Waals surface area (Å²) in [6, 6.07) is 11.0. The van der Waals surface area contributed by atoms with Crippen LogP contribution < -0.4 is 10.5 Å². The number of fused-ring (bicyclic) bond motifs is 2. The Bertz CT molecular complexity index is 1790. The molecule has 4 heterocycles. The number of ether oxygens (including phenoxy) is 4. The molecule has 300 valence electrons. The largest absolute Gasteiger partial charge is 0.484 e. The predicted molar refractivity (Wildman–Crippen MR) is 204 cm³/mol. The fourth-order valence-electron chi connectivity index (χ4n) is 7.44. The average molecular weight is 782 g/mol. The first-order valence-corrected chi connectivity index (χ1v) is 21.1. The Hall–Kier alpha value is -3.66. The third-order valence-electron chi connectivity index (χ3n) is 10.3. The van der Waals surface area contributed by atoms with Crippen molar-refractivity contribution in [3.63, 3.8) is 0 Å². The zero-order valence-corrected chi connectivity index (χ0v) is 33.2. The lowest BCUT2D eigenvalue weighted by molar-refractivity contribution is -0.164. The fraction of sp³-hybridized carbons (Fsp3) is 0.667. The highest BCUT2D eigenvalue weighted by Gasteiger charge is 2.63. The van der Waals surface area contributed by atoms with Gasteiger partial charge in [0.2, 0.25) is 0 Å². The minimum Gasteiger partial charge on any atom is -0.484 e. The molecule has 6 atom stereocenters. The highest BCUT2D eigenvalue weighted by Crippen LogP contribution is 2.57. The van der Waals surface area contributed by atoms with E-state index in [4.69, 9.17) is 39.0 Å². The highest BCUT2D eigenvalue weighted by molar-refractivity contribution is 7.47. The maximum absolute atomic E-state index is 13.4. The highest BCUT2D eigenvalue weighted by atomic mass is 31.2. The van der Waals surface area contributed by atoms with E-state index in [9.17, 15) is 14.7 Å². The van der Waals surface area contributed by atoms with E-state index >= 15 is 0 Å². The number of nitrogens with two attached hydrogens (primary N) is 1. The third kappa shape index (κ3) is 11.7. The number of nitrogens with zero attached hydrogens (tertiary/aromatic N) is 6. The van der Waals surface area contributed by atoms with E-state index in [1.54, 1.807) is 30.5 Å². The molecule has 1 unspecified atom stereocenters. The summed E-state index contributed by atoms with van der Waals surface area (Å²) in [4.78, 5) is 19.0. The van der Waals surface area contributed by atoms with Crippen LogP contribution in [0.25, 0.3) is 5.52 Å². The molecule has 55 heavy (non-hydrogen) atoms. The standard InChI is InChI=1S/C39H56N7O8P/c1-4-5-6-7-8-9-10-11-12-13-14-15-20-49-24-31(52-30-17-16-29(22-40)43-23-30)25-50-55(47,48)51-27-39(26-41)21-32(35-36(39)54-38(2,3)53-35)33-18-19-34-37(42)44-28-45-46(33)34/h16-19,23,28,31-32,35-36H,4-15,20-21,24-25,27H2,1-3H3,(H,47,48)(H2,42,44,45)/t31-,32+,35+,36+,39+/m1/s1. The van der Waals surface area contributed by atoms with Crippen molar-refractivity contribution in [2.24, 2.45) is 5.41 Å². The van der Waals surface area contributed by atoms with E-state index in [1.807, 2.05) is 12.1 Å². The Morgan fingerprint density at radius 2 is 1.69 bits per heavy atom. The van der Waals surface area contributed by atoms with E-state index in [0.29, 0.717) is 23.7 Å². The lowest BCUT2D eigenvalue weighted by atomic mass is 9.85. The van der Waals surface area contributed by atoms with Crippen LogP contribution in [0.4, 0.5) is 5.82 Å². The molecule has 0 radical (unpaired) electrons. The number of hydrogen-bond donors (Lipinski definition) is 2. The molecule has 15 nitrogen and oxygen atoms in total. The van der Waals surface area contributed by atoms with E-state index in [0.717, 1.165) is 25.0 Å². The van der Waals surface area contributed by atoms with Crippen LogP contribution in [0.2, 0.25) is 0 Å². The number of phosphoric ester groups is 1. The molecular formula is C39H56N7O8P. The second-order valence-corrected chi connectivity index (χ2v) is 16.5. The Balaban J connectivity index is 1.14. The Labute approximate surface area is 324 Å². The molecule has 0 aromatic carbocycles. The number of hydrogen-bond acceptors (Lipinski definition) is 13. The number of aromatic nitrogens is 4. The van der Waals surface area contributed by atoms with Crippen molar-refractivity contribution >= 4 is 19.2 Å². The van der Waals surface area contributed by atoms with Gasteiger partial charge in [0.15, 0.2) is 11.6 Å². The van der Waals surface area contributed by atoms with E-state index in [-0.39, 0.29) is 31.2 Å². The molecule has 1 saturated heterocycles. The molecule has 1 saturated carbocycles. The number of nitrogen functional groups attached to an aromatic ring is 1. The molecule has 1 aliphatic carbocycles. The van der Waals surface area contributed by atoms with Crippen molar-refractivity contribution < 1.29 is 37.5 Å². The van der Waals surface area contributed by atoms with Crippen molar-refractivity contribution in [3.8, 4) is 17.9 Å². The van der Waals surface area contributed by atoms with E-state index in [2.05, 4.69) is 28.1 Å². The van der Waals surface area contributed by atoms with Crippen molar-refractivity contribution in [1.29, 1.82) is 10.5 Å². The van der Waals surface area contributed by atoms with Gasteiger partial charge in [-0.3, -0.25) is 9.05 Å². The second-order valence-electron chi connectivity index (χ2n) is 15.0. The Kier molecular flexibility index (Phi) is 15.4. The molecule has 1 aliphatic heterocycles. The van der Waals surface area contributed by atoms with Gasteiger partial charge in [-0.15, -0.1) is 0 Å². The molecular weight excluding hydrogens is 725 g/mol. The Morgan fingerprint density at radius 3 is 2.35 bits per heavy atom. The second kappa shape index (κ2) is 20.0. The molecule has 0 bridgehead atoms. The van der Waals surface area contributed by atoms with Crippen LogP contribution >= 0.6 is 7.82 Å². The number of anilines is 1. The zero-order valence-electron chi connectivity index (χ0n) is 32.3. The first-order valence-electron chi connectivity index (χ1n) is 19.6. The van der Waals surface area contributed by atoms with Crippen LogP contribution in [0.5, 0.6) is 5.75 Å². The fourth-order valence-corrected chi connectivity index (χ4v) is 8.26. The first kappa shape index (κ1) is 42.5. The zero-order chi connectivity index (χ0) is 39.3.